The van der Waals surface area contributed by atoms with E-state index in [0.29, 0.717) is 10.5 Å². The van der Waals surface area contributed by atoms with Crippen LogP contribution in [0.1, 0.15) is 11.1 Å². The second-order valence-electron chi connectivity index (χ2n) is 4.19. The molecule has 0 amide bonds. The molecule has 0 saturated heterocycles. The Balaban J connectivity index is 2.25. The molecule has 1 N–H and O–H groups in total. The van der Waals surface area contributed by atoms with Gasteiger partial charge in [0.05, 0.1) is 17.3 Å². The minimum atomic E-state index is -3.35. The largest absolute Gasteiger partial charge is 0.392 e. The predicted octanol–water partition coefficient (Wildman–Crippen LogP) is 2.92. The van der Waals surface area contributed by atoms with E-state index < -0.39 is 9.84 Å². The highest BCUT2D eigenvalue weighted by atomic mass is 79.9. The molecule has 0 aliphatic heterocycles. The van der Waals surface area contributed by atoms with Crippen LogP contribution in [0, 0.1) is 0 Å². The SMILES string of the molecule is O=S(=O)(Cc1ccc(CO)cc1)c1cccc(Br)c1. The Kier molecular flexibility index (Phi) is 4.39. The third kappa shape index (κ3) is 3.65. The molecule has 0 unspecified atom stereocenters. The Morgan fingerprint density at radius 3 is 2.21 bits per heavy atom. The highest BCUT2D eigenvalue weighted by Crippen LogP contribution is 2.20. The number of rotatable bonds is 4. The first-order chi connectivity index (χ1) is 9.01. The van der Waals surface area contributed by atoms with Crippen molar-refractivity contribution in [1.82, 2.24) is 0 Å². The van der Waals surface area contributed by atoms with Crippen LogP contribution >= 0.6 is 15.9 Å². The van der Waals surface area contributed by atoms with Gasteiger partial charge in [0, 0.05) is 4.47 Å². The van der Waals surface area contributed by atoms with Crippen LogP contribution in [0.5, 0.6) is 0 Å². The van der Waals surface area contributed by atoms with Crippen molar-refractivity contribution in [2.75, 3.05) is 0 Å². The Hall–Kier alpha value is -1.17. The molecule has 0 bridgehead atoms. The number of halogens is 1. The lowest BCUT2D eigenvalue weighted by Crippen LogP contribution is -2.05. The fourth-order valence-corrected chi connectivity index (χ4v) is 3.65. The van der Waals surface area contributed by atoms with E-state index >= 15 is 0 Å². The van der Waals surface area contributed by atoms with Crippen molar-refractivity contribution in [2.24, 2.45) is 0 Å². The van der Waals surface area contributed by atoms with Crippen LogP contribution in [0.2, 0.25) is 0 Å². The molecule has 100 valence electrons. The molecule has 0 radical (unpaired) electrons. The fraction of sp³-hybridized carbons (Fsp3) is 0.143. The molecule has 5 heteroatoms. The molecule has 0 spiro atoms. The van der Waals surface area contributed by atoms with Crippen molar-refractivity contribution < 1.29 is 13.5 Å². The molecule has 19 heavy (non-hydrogen) atoms. The van der Waals surface area contributed by atoms with Gasteiger partial charge in [0.15, 0.2) is 9.84 Å². The molecule has 2 aromatic rings. The first-order valence-electron chi connectivity index (χ1n) is 5.68. The molecule has 0 heterocycles. The van der Waals surface area contributed by atoms with E-state index in [0.717, 1.165) is 10.0 Å². The van der Waals surface area contributed by atoms with E-state index in [1.165, 1.54) is 0 Å². The minimum Gasteiger partial charge on any atom is -0.392 e. The monoisotopic (exact) mass is 340 g/mol. The normalized spacial score (nSPS) is 11.5. The van der Waals surface area contributed by atoms with E-state index in [4.69, 9.17) is 5.11 Å². The second-order valence-corrected chi connectivity index (χ2v) is 7.10. The van der Waals surface area contributed by atoms with Crippen LogP contribution in [-0.2, 0) is 22.2 Å². The van der Waals surface area contributed by atoms with Gasteiger partial charge in [-0.3, -0.25) is 0 Å². The van der Waals surface area contributed by atoms with E-state index in [2.05, 4.69) is 15.9 Å². The zero-order valence-electron chi connectivity index (χ0n) is 10.1. The van der Waals surface area contributed by atoms with E-state index in [9.17, 15) is 8.42 Å². The summed E-state index contributed by atoms with van der Waals surface area (Å²) in [5.74, 6) is -0.0465. The molecular formula is C14H13BrO3S. The Morgan fingerprint density at radius 2 is 1.63 bits per heavy atom. The Morgan fingerprint density at radius 1 is 1.00 bits per heavy atom. The Bertz CT molecular complexity index is 663. The number of hydrogen-bond acceptors (Lipinski definition) is 3. The van der Waals surface area contributed by atoms with Crippen LogP contribution in [0.15, 0.2) is 57.9 Å². The third-order valence-corrected chi connectivity index (χ3v) is 4.90. The molecule has 2 aromatic carbocycles. The summed E-state index contributed by atoms with van der Waals surface area (Å²) in [6.07, 6.45) is 0. The summed E-state index contributed by atoms with van der Waals surface area (Å²) in [4.78, 5) is 0.299. The number of aliphatic hydroxyl groups is 1. The maximum absolute atomic E-state index is 12.2. The molecule has 0 atom stereocenters. The van der Waals surface area contributed by atoms with Gasteiger partial charge in [0.25, 0.3) is 0 Å². The smallest absolute Gasteiger partial charge is 0.182 e. The van der Waals surface area contributed by atoms with Gasteiger partial charge in [0.2, 0.25) is 0 Å². The molecule has 0 aromatic heterocycles. The topological polar surface area (TPSA) is 54.4 Å². The molecule has 0 aliphatic carbocycles. The molecule has 2 rings (SSSR count). The van der Waals surface area contributed by atoms with Crippen LogP contribution in [0.3, 0.4) is 0 Å². The van der Waals surface area contributed by atoms with E-state index in [1.54, 1.807) is 48.5 Å². The van der Waals surface area contributed by atoms with Crippen molar-refractivity contribution >= 4 is 25.8 Å². The van der Waals surface area contributed by atoms with Crippen molar-refractivity contribution in [2.45, 2.75) is 17.3 Å². The fourth-order valence-electron chi connectivity index (χ4n) is 1.70. The highest BCUT2D eigenvalue weighted by Gasteiger charge is 2.15. The van der Waals surface area contributed by atoms with Gasteiger partial charge in [-0.1, -0.05) is 46.3 Å². The summed E-state index contributed by atoms with van der Waals surface area (Å²) < 4.78 is 25.2. The van der Waals surface area contributed by atoms with Crippen molar-refractivity contribution in [3.8, 4) is 0 Å². The molecule has 0 aliphatic rings. The lowest BCUT2D eigenvalue weighted by atomic mass is 10.2. The maximum atomic E-state index is 12.2. The molecule has 0 saturated carbocycles. The van der Waals surface area contributed by atoms with Crippen molar-refractivity contribution in [3.63, 3.8) is 0 Å². The van der Waals surface area contributed by atoms with Crippen LogP contribution in [0.25, 0.3) is 0 Å². The third-order valence-electron chi connectivity index (χ3n) is 2.72. The van der Waals surface area contributed by atoms with E-state index in [-0.39, 0.29) is 12.4 Å². The lowest BCUT2D eigenvalue weighted by molar-refractivity contribution is 0.282. The van der Waals surface area contributed by atoms with Gasteiger partial charge in [0.1, 0.15) is 0 Å². The zero-order valence-corrected chi connectivity index (χ0v) is 12.5. The van der Waals surface area contributed by atoms with E-state index in [1.807, 2.05) is 0 Å². The summed E-state index contributed by atoms with van der Waals surface area (Å²) in [6.45, 7) is -0.0430. The standard InChI is InChI=1S/C14H13BrO3S/c15-13-2-1-3-14(8-13)19(17,18)10-12-6-4-11(9-16)5-7-12/h1-8,16H,9-10H2. The number of aliphatic hydroxyl groups excluding tert-OH is 1. The summed E-state index contributed by atoms with van der Waals surface area (Å²) in [7, 11) is -3.35. The van der Waals surface area contributed by atoms with Crippen molar-refractivity contribution in [1.29, 1.82) is 0 Å². The number of benzene rings is 2. The average molecular weight is 341 g/mol. The van der Waals surface area contributed by atoms with Gasteiger partial charge in [-0.15, -0.1) is 0 Å². The first kappa shape index (κ1) is 14.2. The van der Waals surface area contributed by atoms with Crippen molar-refractivity contribution in [3.05, 3.63) is 64.1 Å². The van der Waals surface area contributed by atoms with Crippen LogP contribution < -0.4 is 0 Å². The van der Waals surface area contributed by atoms with Gasteiger partial charge in [-0.2, -0.15) is 0 Å². The number of hydrogen-bond donors (Lipinski definition) is 1. The van der Waals surface area contributed by atoms with Crippen LogP contribution in [-0.4, -0.2) is 13.5 Å². The maximum Gasteiger partial charge on any atom is 0.182 e. The summed E-state index contributed by atoms with van der Waals surface area (Å²) in [5.41, 5.74) is 1.47. The minimum absolute atomic E-state index is 0.0430. The quantitative estimate of drug-likeness (QED) is 0.930. The molecule has 3 nitrogen and oxygen atoms in total. The Labute approximate surface area is 121 Å². The number of sulfone groups is 1. The lowest BCUT2D eigenvalue weighted by Gasteiger charge is -2.06. The summed E-state index contributed by atoms with van der Waals surface area (Å²) in [6, 6.07) is 13.6. The summed E-state index contributed by atoms with van der Waals surface area (Å²) >= 11 is 3.27. The van der Waals surface area contributed by atoms with Gasteiger partial charge >= 0.3 is 0 Å². The molecular weight excluding hydrogens is 328 g/mol. The highest BCUT2D eigenvalue weighted by molar-refractivity contribution is 9.10. The van der Waals surface area contributed by atoms with Gasteiger partial charge in [-0.25, -0.2) is 8.42 Å². The molecule has 0 fully saturated rings. The zero-order chi connectivity index (χ0) is 13.9. The second kappa shape index (κ2) is 5.86. The predicted molar refractivity (Wildman–Crippen MR) is 77.4 cm³/mol. The summed E-state index contributed by atoms with van der Waals surface area (Å²) in [5, 5.41) is 8.95. The van der Waals surface area contributed by atoms with Gasteiger partial charge < -0.3 is 5.11 Å². The first-order valence-corrected chi connectivity index (χ1v) is 8.13. The van der Waals surface area contributed by atoms with Gasteiger partial charge in [-0.05, 0) is 29.3 Å². The van der Waals surface area contributed by atoms with Crippen LogP contribution in [0.4, 0.5) is 0 Å². The average Bonchev–Trinajstić information content (AvgIpc) is 2.39.